The molecule has 22 heavy (non-hydrogen) atoms. The summed E-state index contributed by atoms with van der Waals surface area (Å²) in [6.07, 6.45) is 1.15. The zero-order valence-corrected chi connectivity index (χ0v) is 13.3. The largest absolute Gasteiger partial charge is 0.381 e. The van der Waals surface area contributed by atoms with E-state index in [4.69, 9.17) is 9.26 Å². The third-order valence-electron chi connectivity index (χ3n) is 4.09. The van der Waals surface area contributed by atoms with Gasteiger partial charge in [0, 0.05) is 18.7 Å². The Morgan fingerprint density at radius 3 is 3.00 bits per heavy atom. The van der Waals surface area contributed by atoms with Crippen molar-refractivity contribution in [3.8, 4) is 11.5 Å². The predicted octanol–water partition coefficient (Wildman–Crippen LogP) is 2.90. The molecule has 0 N–H and O–H groups in total. The maximum Gasteiger partial charge on any atom is 0.257 e. The highest BCUT2D eigenvalue weighted by atomic mass is 16.5. The molecular weight excluding hydrogens is 278 g/mol. The zero-order chi connectivity index (χ0) is 15.4. The highest BCUT2D eigenvalue weighted by Gasteiger charge is 2.20. The number of aryl methyl sites for hydroxylation is 1. The standard InChI is InChI=1S/C17H23N3O2/c1-3-20(10-14-7-8-21-12-14)11-16-18-17(22-19-16)15-6-4-5-13(2)9-15/h4-6,9,14H,3,7-8,10-12H2,1-2H3/t14-/m1/s1. The number of nitrogens with zero attached hydrogens (tertiary/aromatic N) is 3. The van der Waals surface area contributed by atoms with Crippen LogP contribution >= 0.6 is 0 Å². The lowest BCUT2D eigenvalue weighted by molar-refractivity contribution is 0.165. The molecule has 0 bridgehead atoms. The lowest BCUT2D eigenvalue weighted by Crippen LogP contribution is -2.29. The van der Waals surface area contributed by atoms with Gasteiger partial charge in [0.25, 0.3) is 5.89 Å². The van der Waals surface area contributed by atoms with Gasteiger partial charge in [-0.3, -0.25) is 4.90 Å². The molecule has 1 atom stereocenters. The summed E-state index contributed by atoms with van der Waals surface area (Å²) in [5.41, 5.74) is 2.17. The summed E-state index contributed by atoms with van der Waals surface area (Å²) in [5, 5.41) is 4.13. The molecule has 1 aromatic carbocycles. The SMILES string of the molecule is CCN(Cc1noc(-c2cccc(C)c2)n1)C[C@H]1CCOC1. The Labute approximate surface area is 131 Å². The first-order valence-electron chi connectivity index (χ1n) is 7.94. The van der Waals surface area contributed by atoms with Crippen molar-refractivity contribution in [2.75, 3.05) is 26.3 Å². The number of benzene rings is 1. The number of rotatable bonds is 6. The Kier molecular flexibility index (Phi) is 4.85. The third-order valence-corrected chi connectivity index (χ3v) is 4.09. The summed E-state index contributed by atoms with van der Waals surface area (Å²) in [5.74, 6) is 1.97. The molecule has 1 saturated heterocycles. The van der Waals surface area contributed by atoms with Crippen LogP contribution in [0.2, 0.25) is 0 Å². The molecule has 1 fully saturated rings. The second kappa shape index (κ2) is 7.03. The molecule has 0 amide bonds. The van der Waals surface area contributed by atoms with Crippen molar-refractivity contribution in [2.45, 2.75) is 26.8 Å². The Morgan fingerprint density at radius 1 is 1.36 bits per heavy atom. The van der Waals surface area contributed by atoms with Crippen molar-refractivity contribution >= 4 is 0 Å². The van der Waals surface area contributed by atoms with Gasteiger partial charge in [-0.05, 0) is 37.9 Å². The van der Waals surface area contributed by atoms with E-state index in [1.54, 1.807) is 0 Å². The van der Waals surface area contributed by atoms with Gasteiger partial charge >= 0.3 is 0 Å². The fourth-order valence-corrected chi connectivity index (χ4v) is 2.81. The van der Waals surface area contributed by atoms with Crippen molar-refractivity contribution in [1.29, 1.82) is 0 Å². The first-order valence-corrected chi connectivity index (χ1v) is 7.94. The molecule has 0 radical (unpaired) electrons. The molecule has 1 aliphatic heterocycles. The molecule has 3 rings (SSSR count). The molecule has 5 nitrogen and oxygen atoms in total. The maximum absolute atomic E-state index is 5.45. The molecule has 2 heterocycles. The van der Waals surface area contributed by atoms with Crippen LogP contribution in [0, 0.1) is 12.8 Å². The van der Waals surface area contributed by atoms with E-state index in [2.05, 4.69) is 41.0 Å². The summed E-state index contributed by atoms with van der Waals surface area (Å²) < 4.78 is 10.9. The summed E-state index contributed by atoms with van der Waals surface area (Å²) in [6, 6.07) is 8.12. The van der Waals surface area contributed by atoms with Gasteiger partial charge in [-0.1, -0.05) is 29.8 Å². The van der Waals surface area contributed by atoms with Crippen LogP contribution in [-0.2, 0) is 11.3 Å². The smallest absolute Gasteiger partial charge is 0.257 e. The van der Waals surface area contributed by atoms with Crippen molar-refractivity contribution in [3.05, 3.63) is 35.7 Å². The monoisotopic (exact) mass is 301 g/mol. The predicted molar refractivity (Wildman–Crippen MR) is 84.3 cm³/mol. The van der Waals surface area contributed by atoms with E-state index in [0.717, 1.165) is 50.7 Å². The van der Waals surface area contributed by atoms with E-state index < -0.39 is 0 Å². The highest BCUT2D eigenvalue weighted by Crippen LogP contribution is 2.19. The quantitative estimate of drug-likeness (QED) is 0.821. The van der Waals surface area contributed by atoms with Gasteiger partial charge in [-0.2, -0.15) is 4.98 Å². The fraction of sp³-hybridized carbons (Fsp3) is 0.529. The minimum Gasteiger partial charge on any atom is -0.381 e. The van der Waals surface area contributed by atoms with E-state index in [9.17, 15) is 0 Å². The molecule has 1 aromatic heterocycles. The van der Waals surface area contributed by atoms with E-state index >= 15 is 0 Å². The average Bonchev–Trinajstić information content (AvgIpc) is 3.18. The summed E-state index contributed by atoms with van der Waals surface area (Å²) in [4.78, 5) is 6.88. The lowest BCUT2D eigenvalue weighted by atomic mass is 10.1. The topological polar surface area (TPSA) is 51.4 Å². The Morgan fingerprint density at radius 2 is 2.27 bits per heavy atom. The van der Waals surface area contributed by atoms with Crippen LogP contribution in [0.15, 0.2) is 28.8 Å². The number of hydrogen-bond acceptors (Lipinski definition) is 5. The molecule has 118 valence electrons. The van der Waals surface area contributed by atoms with Crippen LogP contribution in [0.4, 0.5) is 0 Å². The summed E-state index contributed by atoms with van der Waals surface area (Å²) in [6.45, 7) is 8.72. The molecule has 2 aromatic rings. The minimum atomic E-state index is 0.596. The van der Waals surface area contributed by atoms with Crippen molar-refractivity contribution in [3.63, 3.8) is 0 Å². The second-order valence-electron chi connectivity index (χ2n) is 5.94. The molecule has 1 aliphatic rings. The van der Waals surface area contributed by atoms with E-state index in [1.807, 2.05) is 12.1 Å². The van der Waals surface area contributed by atoms with Gasteiger partial charge in [0.05, 0.1) is 13.2 Å². The molecule has 0 unspecified atom stereocenters. The summed E-state index contributed by atoms with van der Waals surface area (Å²) in [7, 11) is 0. The lowest BCUT2D eigenvalue weighted by Gasteiger charge is -2.21. The fourth-order valence-electron chi connectivity index (χ4n) is 2.81. The van der Waals surface area contributed by atoms with Crippen LogP contribution < -0.4 is 0 Å². The van der Waals surface area contributed by atoms with Gasteiger partial charge in [0.15, 0.2) is 5.82 Å². The van der Waals surface area contributed by atoms with Crippen molar-refractivity contribution in [1.82, 2.24) is 15.0 Å². The molecular formula is C17H23N3O2. The van der Waals surface area contributed by atoms with E-state index in [1.165, 1.54) is 5.56 Å². The summed E-state index contributed by atoms with van der Waals surface area (Å²) >= 11 is 0. The second-order valence-corrected chi connectivity index (χ2v) is 5.94. The highest BCUT2D eigenvalue weighted by molar-refractivity contribution is 5.53. The van der Waals surface area contributed by atoms with Crippen LogP contribution in [0.5, 0.6) is 0 Å². The van der Waals surface area contributed by atoms with Crippen LogP contribution in [0.25, 0.3) is 11.5 Å². The molecule has 0 spiro atoms. The number of ether oxygens (including phenoxy) is 1. The van der Waals surface area contributed by atoms with Crippen LogP contribution in [0.1, 0.15) is 24.7 Å². The van der Waals surface area contributed by atoms with Crippen molar-refractivity contribution < 1.29 is 9.26 Å². The average molecular weight is 301 g/mol. The van der Waals surface area contributed by atoms with Crippen LogP contribution in [-0.4, -0.2) is 41.3 Å². The Bertz CT molecular complexity index is 605. The van der Waals surface area contributed by atoms with E-state index in [-0.39, 0.29) is 0 Å². The number of aromatic nitrogens is 2. The molecule has 5 heteroatoms. The van der Waals surface area contributed by atoms with E-state index in [0.29, 0.717) is 11.8 Å². The maximum atomic E-state index is 5.45. The first kappa shape index (κ1) is 15.2. The minimum absolute atomic E-state index is 0.596. The van der Waals surface area contributed by atoms with Gasteiger partial charge in [-0.15, -0.1) is 0 Å². The van der Waals surface area contributed by atoms with Gasteiger partial charge in [0.2, 0.25) is 0 Å². The normalized spacial score (nSPS) is 18.2. The van der Waals surface area contributed by atoms with Gasteiger partial charge < -0.3 is 9.26 Å². The van der Waals surface area contributed by atoms with Crippen LogP contribution in [0.3, 0.4) is 0 Å². The van der Waals surface area contributed by atoms with Gasteiger partial charge in [0.1, 0.15) is 0 Å². The van der Waals surface area contributed by atoms with Gasteiger partial charge in [-0.25, -0.2) is 0 Å². The third kappa shape index (κ3) is 3.72. The Balaban J connectivity index is 1.65. The molecule has 0 aliphatic carbocycles. The zero-order valence-electron chi connectivity index (χ0n) is 13.3. The first-order chi connectivity index (χ1) is 10.7. The number of hydrogen-bond donors (Lipinski definition) is 0. The molecule has 0 saturated carbocycles. The Hall–Kier alpha value is -1.72. The van der Waals surface area contributed by atoms with Crippen molar-refractivity contribution in [2.24, 2.45) is 5.92 Å².